The number of hydrogen-bond acceptors (Lipinski definition) is 2. The molecule has 32 heavy (non-hydrogen) atoms. The van der Waals surface area contributed by atoms with Gasteiger partial charge in [0, 0.05) is 11.5 Å². The molecule has 1 aromatic rings. The van der Waals surface area contributed by atoms with Gasteiger partial charge in [-0.3, -0.25) is 4.90 Å². The Hall–Kier alpha value is -1.80. The summed E-state index contributed by atoms with van der Waals surface area (Å²) >= 11 is 0. The zero-order valence-electron chi connectivity index (χ0n) is 20.7. The largest absolute Gasteiger partial charge is 0.465 e. The maximum Gasteiger partial charge on any atom is 0.416 e. The Morgan fingerprint density at radius 1 is 1.09 bits per heavy atom. The van der Waals surface area contributed by atoms with E-state index in [1.165, 1.54) is 17.0 Å². The summed E-state index contributed by atoms with van der Waals surface area (Å²) in [4.78, 5) is 13.7. The second-order valence-electron chi connectivity index (χ2n) is 10.6. The molecule has 0 bridgehead atoms. The molecule has 182 valence electrons. The summed E-state index contributed by atoms with van der Waals surface area (Å²) in [6, 6.07) is 4.32. The Kier molecular flexibility index (Phi) is 8.82. The van der Waals surface area contributed by atoms with Crippen LogP contribution in [0, 0.1) is 0 Å². The molecule has 0 heterocycles. The second-order valence-corrected chi connectivity index (χ2v) is 15.4. The maximum atomic E-state index is 13.1. The standard InChI is InChI=1S/C24H38F3NO3Si/c1-10-11-19(17-12-14-18(15-13-17)24(25,26)27)20(28(21(29)30)22(2,3)4)16-31-32(8,9)23(5,6)7/h10-15,19-20H,16H2,1-9H3,(H,29,30)/b11-10+/t19-,20+/m0/s1. The van der Waals surface area contributed by atoms with Crippen molar-refractivity contribution in [2.75, 3.05) is 6.61 Å². The van der Waals surface area contributed by atoms with Gasteiger partial charge < -0.3 is 9.53 Å². The van der Waals surface area contributed by atoms with Gasteiger partial charge in [-0.2, -0.15) is 13.2 Å². The molecule has 1 N–H and O–H groups in total. The third kappa shape index (κ3) is 7.10. The SMILES string of the molecule is C/C=C/[C@@H](c1ccc(C(F)(F)F)cc1)[C@@H](CO[Si](C)(C)C(C)(C)C)N(C(=O)O)C(C)(C)C. The van der Waals surface area contributed by atoms with E-state index >= 15 is 0 Å². The molecule has 0 aliphatic heterocycles. The Morgan fingerprint density at radius 3 is 1.94 bits per heavy atom. The minimum absolute atomic E-state index is 0.0716. The van der Waals surface area contributed by atoms with E-state index in [4.69, 9.17) is 4.43 Å². The predicted molar refractivity (Wildman–Crippen MR) is 126 cm³/mol. The summed E-state index contributed by atoms with van der Waals surface area (Å²) in [7, 11) is -2.20. The van der Waals surface area contributed by atoms with E-state index in [1.807, 2.05) is 13.0 Å². The molecule has 8 heteroatoms. The Morgan fingerprint density at radius 2 is 1.59 bits per heavy atom. The number of nitrogens with zero attached hydrogens (tertiary/aromatic N) is 1. The number of amides is 1. The lowest BCUT2D eigenvalue weighted by Crippen LogP contribution is -2.56. The summed E-state index contributed by atoms with van der Waals surface area (Å²) in [6.45, 7) is 17.9. The van der Waals surface area contributed by atoms with E-state index in [1.54, 1.807) is 26.8 Å². The third-order valence-electron chi connectivity index (χ3n) is 6.12. The van der Waals surface area contributed by atoms with Crippen LogP contribution in [0.15, 0.2) is 36.4 Å². The topological polar surface area (TPSA) is 49.8 Å². The highest BCUT2D eigenvalue weighted by atomic mass is 28.4. The minimum Gasteiger partial charge on any atom is -0.465 e. The molecule has 0 spiro atoms. The molecule has 0 saturated heterocycles. The Balaban J connectivity index is 3.54. The van der Waals surface area contributed by atoms with Crippen molar-refractivity contribution in [3.05, 3.63) is 47.5 Å². The van der Waals surface area contributed by atoms with Gasteiger partial charge in [0.2, 0.25) is 0 Å². The van der Waals surface area contributed by atoms with Crippen molar-refractivity contribution in [3.8, 4) is 0 Å². The van der Waals surface area contributed by atoms with E-state index in [0.29, 0.717) is 5.56 Å². The number of carbonyl (C=O) groups is 1. The van der Waals surface area contributed by atoms with Gasteiger partial charge in [-0.05, 0) is 63.5 Å². The van der Waals surface area contributed by atoms with Crippen LogP contribution in [0.3, 0.4) is 0 Å². The molecular weight excluding hydrogens is 435 g/mol. The molecule has 0 aliphatic rings. The fourth-order valence-electron chi connectivity index (χ4n) is 3.34. The first-order chi connectivity index (χ1) is 14.3. The lowest BCUT2D eigenvalue weighted by atomic mass is 9.87. The molecule has 0 aliphatic carbocycles. The van der Waals surface area contributed by atoms with Gasteiger partial charge in [0.15, 0.2) is 8.32 Å². The van der Waals surface area contributed by atoms with Gasteiger partial charge in [-0.1, -0.05) is 45.1 Å². The fourth-order valence-corrected chi connectivity index (χ4v) is 4.36. The van der Waals surface area contributed by atoms with Gasteiger partial charge in [-0.25, -0.2) is 4.79 Å². The highest BCUT2D eigenvalue weighted by molar-refractivity contribution is 6.74. The molecule has 0 unspecified atom stereocenters. The zero-order valence-corrected chi connectivity index (χ0v) is 21.7. The van der Waals surface area contributed by atoms with Gasteiger partial charge in [0.05, 0.1) is 18.2 Å². The summed E-state index contributed by atoms with van der Waals surface area (Å²) < 4.78 is 45.6. The van der Waals surface area contributed by atoms with Crippen LogP contribution in [0.1, 0.15) is 65.5 Å². The van der Waals surface area contributed by atoms with Crippen molar-refractivity contribution in [2.45, 2.75) is 90.3 Å². The van der Waals surface area contributed by atoms with Crippen molar-refractivity contribution in [1.82, 2.24) is 4.90 Å². The number of halogens is 3. The van der Waals surface area contributed by atoms with Gasteiger partial charge >= 0.3 is 12.3 Å². The van der Waals surface area contributed by atoms with E-state index in [-0.39, 0.29) is 11.6 Å². The molecule has 1 amide bonds. The van der Waals surface area contributed by atoms with Gasteiger partial charge in [-0.15, -0.1) is 0 Å². The van der Waals surface area contributed by atoms with E-state index in [2.05, 4.69) is 33.9 Å². The van der Waals surface area contributed by atoms with Crippen LogP contribution in [0.4, 0.5) is 18.0 Å². The number of hydrogen-bond donors (Lipinski definition) is 1. The van der Waals surface area contributed by atoms with E-state index in [0.717, 1.165) is 12.1 Å². The van der Waals surface area contributed by atoms with Gasteiger partial charge in [0.25, 0.3) is 0 Å². The van der Waals surface area contributed by atoms with Crippen LogP contribution in [0.2, 0.25) is 18.1 Å². The van der Waals surface area contributed by atoms with E-state index < -0.39 is 43.6 Å². The summed E-state index contributed by atoms with van der Waals surface area (Å²) in [5, 5.41) is 10.0. The molecule has 0 fully saturated rings. The molecule has 2 atom stereocenters. The summed E-state index contributed by atoms with van der Waals surface area (Å²) in [5.74, 6) is -0.470. The molecule has 0 aromatic heterocycles. The Labute approximate surface area is 191 Å². The number of benzene rings is 1. The number of allylic oxidation sites excluding steroid dienone is 1. The highest BCUT2D eigenvalue weighted by Gasteiger charge is 2.42. The molecule has 0 saturated carbocycles. The van der Waals surface area contributed by atoms with Crippen LogP contribution in [-0.4, -0.2) is 42.6 Å². The summed E-state index contributed by atoms with van der Waals surface area (Å²) in [6.07, 6.45) is -1.89. The average molecular weight is 474 g/mol. The lowest BCUT2D eigenvalue weighted by molar-refractivity contribution is -0.137. The zero-order chi connectivity index (χ0) is 25.1. The van der Waals surface area contributed by atoms with Crippen molar-refractivity contribution < 1.29 is 27.5 Å². The maximum absolute atomic E-state index is 13.1. The minimum atomic E-state index is -4.43. The van der Waals surface area contributed by atoms with E-state index in [9.17, 15) is 23.1 Å². The molecule has 1 aromatic carbocycles. The lowest BCUT2D eigenvalue weighted by Gasteiger charge is -2.45. The quantitative estimate of drug-likeness (QED) is 0.329. The fraction of sp³-hybridized carbons (Fsp3) is 0.625. The van der Waals surface area contributed by atoms with Crippen LogP contribution >= 0.6 is 0 Å². The normalized spacial score (nSPS) is 15.6. The van der Waals surface area contributed by atoms with Crippen LogP contribution in [0.25, 0.3) is 0 Å². The van der Waals surface area contributed by atoms with Crippen molar-refractivity contribution in [2.24, 2.45) is 0 Å². The smallest absolute Gasteiger partial charge is 0.416 e. The average Bonchev–Trinajstić information content (AvgIpc) is 2.60. The molecule has 0 radical (unpaired) electrons. The van der Waals surface area contributed by atoms with Crippen LogP contribution in [-0.2, 0) is 10.6 Å². The predicted octanol–water partition coefficient (Wildman–Crippen LogP) is 7.53. The molecular formula is C24H38F3NO3Si. The summed E-state index contributed by atoms with van der Waals surface area (Å²) in [5.41, 5.74) is -0.866. The second kappa shape index (κ2) is 9.99. The van der Waals surface area contributed by atoms with Crippen LogP contribution < -0.4 is 0 Å². The molecule has 4 nitrogen and oxygen atoms in total. The number of alkyl halides is 3. The first-order valence-electron chi connectivity index (χ1n) is 10.8. The number of carboxylic acid groups (broad SMARTS) is 1. The Bertz CT molecular complexity index is 791. The first-order valence-corrected chi connectivity index (χ1v) is 13.7. The molecule has 1 rings (SSSR count). The van der Waals surface area contributed by atoms with Crippen molar-refractivity contribution in [3.63, 3.8) is 0 Å². The number of rotatable bonds is 7. The van der Waals surface area contributed by atoms with Crippen molar-refractivity contribution >= 4 is 14.4 Å². The monoisotopic (exact) mass is 473 g/mol. The third-order valence-corrected chi connectivity index (χ3v) is 10.6. The van der Waals surface area contributed by atoms with Crippen LogP contribution in [0.5, 0.6) is 0 Å². The van der Waals surface area contributed by atoms with Crippen molar-refractivity contribution in [1.29, 1.82) is 0 Å². The first kappa shape index (κ1) is 28.2. The highest BCUT2D eigenvalue weighted by Crippen LogP contribution is 2.39. The van der Waals surface area contributed by atoms with Gasteiger partial charge in [0.1, 0.15) is 0 Å².